The molecule has 1 aromatic heterocycles. The normalized spacial score (nSPS) is 20.1. The number of likely N-dealkylation sites (tertiary alicyclic amines) is 2. The quantitative estimate of drug-likeness (QED) is 0.787. The molecule has 1 aromatic carbocycles. The Balaban J connectivity index is 1.38. The van der Waals surface area contributed by atoms with Gasteiger partial charge in [-0.05, 0) is 70.6 Å². The Hall–Kier alpha value is -2.51. The summed E-state index contributed by atoms with van der Waals surface area (Å²) in [5.41, 5.74) is 1.74. The van der Waals surface area contributed by atoms with E-state index >= 15 is 0 Å². The molecular weight excluding hydrogens is 414 g/mol. The van der Waals surface area contributed by atoms with Crippen molar-refractivity contribution in [3.05, 3.63) is 52.6 Å². The van der Waals surface area contributed by atoms with Crippen molar-refractivity contribution >= 4 is 29.1 Å². The van der Waals surface area contributed by atoms with Crippen LogP contribution in [-0.4, -0.2) is 64.8 Å². The van der Waals surface area contributed by atoms with Crippen LogP contribution in [-0.2, 0) is 4.79 Å². The predicted octanol–water partition coefficient (Wildman–Crippen LogP) is 3.35. The van der Waals surface area contributed by atoms with Crippen LogP contribution in [0.1, 0.15) is 47.1 Å². The molecule has 0 saturated carbocycles. The van der Waals surface area contributed by atoms with Crippen LogP contribution in [0.15, 0.2) is 30.5 Å². The van der Waals surface area contributed by atoms with E-state index in [1.165, 1.54) is 0 Å². The maximum atomic E-state index is 12.9. The van der Waals surface area contributed by atoms with Crippen molar-refractivity contribution in [2.24, 2.45) is 5.92 Å². The number of aryl methyl sites for hydroxylation is 1. The molecule has 2 aliphatic heterocycles. The van der Waals surface area contributed by atoms with Gasteiger partial charge in [-0.1, -0.05) is 11.6 Å². The molecule has 1 N–H and O–H groups in total. The lowest BCUT2D eigenvalue weighted by Gasteiger charge is -2.30. The highest BCUT2D eigenvalue weighted by Gasteiger charge is 2.34. The van der Waals surface area contributed by atoms with E-state index in [4.69, 9.17) is 11.6 Å². The number of anilines is 1. The Bertz CT molecular complexity index is 957. The molecule has 2 amide bonds. The van der Waals surface area contributed by atoms with Crippen LogP contribution >= 0.6 is 11.6 Å². The molecule has 4 rings (SSSR count). The number of piperidine rings is 1. The number of halogens is 1. The van der Waals surface area contributed by atoms with Crippen molar-refractivity contribution in [1.29, 1.82) is 0 Å². The van der Waals surface area contributed by atoms with Gasteiger partial charge in [-0.15, -0.1) is 0 Å². The summed E-state index contributed by atoms with van der Waals surface area (Å²) in [6.07, 6.45) is 4.31. The van der Waals surface area contributed by atoms with E-state index in [0.717, 1.165) is 38.9 Å². The monoisotopic (exact) mass is 441 g/mol. The Morgan fingerprint density at radius 2 is 1.81 bits per heavy atom. The lowest BCUT2D eigenvalue weighted by Crippen LogP contribution is -2.40. The molecule has 0 spiro atoms. The summed E-state index contributed by atoms with van der Waals surface area (Å²) < 4.78 is 0. The second kappa shape index (κ2) is 9.32. The first-order valence-electron chi connectivity index (χ1n) is 10.8. The number of benzene rings is 1. The topological polar surface area (TPSA) is 78.4 Å². The smallest absolute Gasteiger partial charge is 0.259 e. The van der Waals surface area contributed by atoms with E-state index in [1.807, 2.05) is 11.8 Å². The van der Waals surface area contributed by atoms with Crippen LogP contribution in [0.25, 0.3) is 0 Å². The lowest BCUT2D eigenvalue weighted by molar-refractivity contribution is -0.135. The summed E-state index contributed by atoms with van der Waals surface area (Å²) in [7, 11) is 2.10. The number of hydrogen-bond donors (Lipinski definition) is 1. The van der Waals surface area contributed by atoms with Gasteiger partial charge in [0.15, 0.2) is 0 Å². The number of amides is 2. The van der Waals surface area contributed by atoms with Gasteiger partial charge in [0.05, 0.1) is 11.3 Å². The van der Waals surface area contributed by atoms with E-state index in [1.54, 1.807) is 30.5 Å². The maximum Gasteiger partial charge on any atom is 0.259 e. The Labute approximate surface area is 187 Å². The van der Waals surface area contributed by atoms with Gasteiger partial charge in [0.25, 0.3) is 5.91 Å². The minimum absolute atomic E-state index is 0.113. The van der Waals surface area contributed by atoms with Crippen molar-refractivity contribution in [1.82, 2.24) is 19.8 Å². The van der Waals surface area contributed by atoms with Gasteiger partial charge < -0.3 is 15.1 Å². The zero-order valence-corrected chi connectivity index (χ0v) is 18.7. The number of rotatable bonds is 4. The number of hydrogen-bond acceptors (Lipinski definition) is 5. The van der Waals surface area contributed by atoms with Gasteiger partial charge in [-0.25, -0.2) is 9.97 Å². The van der Waals surface area contributed by atoms with Gasteiger partial charge in [0, 0.05) is 41.8 Å². The van der Waals surface area contributed by atoms with E-state index in [2.05, 4.69) is 27.2 Å². The molecule has 0 aliphatic carbocycles. The van der Waals surface area contributed by atoms with Crippen molar-refractivity contribution in [2.75, 3.05) is 38.5 Å². The van der Waals surface area contributed by atoms with Gasteiger partial charge in [-0.3, -0.25) is 9.59 Å². The summed E-state index contributed by atoms with van der Waals surface area (Å²) in [6.45, 7) is 5.18. The van der Waals surface area contributed by atoms with Crippen LogP contribution in [0.4, 0.5) is 5.69 Å². The van der Waals surface area contributed by atoms with Crippen molar-refractivity contribution in [2.45, 2.75) is 32.1 Å². The number of nitrogens with zero attached hydrogens (tertiary/aromatic N) is 4. The van der Waals surface area contributed by atoms with Gasteiger partial charge in [-0.2, -0.15) is 0 Å². The standard InChI is InChI=1S/C23H28ClN5O2/c1-15-20(22(30)27-19-5-3-18(24)4-6-19)13-25-21(26-15)17-9-12-29(14-17)23(31)16-7-10-28(2)11-8-16/h3-6,13,16-17H,7-12,14H2,1-2H3,(H,27,30). The molecule has 8 heteroatoms. The predicted molar refractivity (Wildman–Crippen MR) is 120 cm³/mol. The van der Waals surface area contributed by atoms with E-state index in [-0.39, 0.29) is 23.7 Å². The fourth-order valence-corrected chi connectivity index (χ4v) is 4.45. The average Bonchev–Trinajstić information content (AvgIpc) is 3.25. The SMILES string of the molecule is Cc1nc(C2CCN(C(=O)C3CCN(C)CC3)C2)ncc1C(=O)Nc1ccc(Cl)cc1. The second-order valence-electron chi connectivity index (χ2n) is 8.54. The average molecular weight is 442 g/mol. The Morgan fingerprint density at radius 3 is 2.48 bits per heavy atom. The zero-order chi connectivity index (χ0) is 22.0. The third-order valence-corrected chi connectivity index (χ3v) is 6.53. The minimum Gasteiger partial charge on any atom is -0.342 e. The molecule has 2 aromatic rings. The first-order chi connectivity index (χ1) is 14.9. The number of aromatic nitrogens is 2. The molecule has 2 fully saturated rings. The summed E-state index contributed by atoms with van der Waals surface area (Å²) in [6, 6.07) is 6.95. The van der Waals surface area contributed by atoms with E-state index in [9.17, 15) is 9.59 Å². The summed E-state index contributed by atoms with van der Waals surface area (Å²) >= 11 is 5.89. The second-order valence-corrected chi connectivity index (χ2v) is 8.97. The number of carbonyl (C=O) groups excluding carboxylic acids is 2. The third kappa shape index (κ3) is 5.05. The third-order valence-electron chi connectivity index (χ3n) is 6.28. The van der Waals surface area contributed by atoms with Gasteiger partial charge in [0.2, 0.25) is 5.91 Å². The summed E-state index contributed by atoms with van der Waals surface area (Å²) in [5, 5.41) is 3.46. The first kappa shape index (κ1) is 21.7. The largest absolute Gasteiger partial charge is 0.342 e. The van der Waals surface area contributed by atoms with E-state index in [0.29, 0.717) is 34.3 Å². The van der Waals surface area contributed by atoms with Crippen LogP contribution in [0.3, 0.4) is 0 Å². The molecule has 1 atom stereocenters. The van der Waals surface area contributed by atoms with Crippen LogP contribution < -0.4 is 5.32 Å². The number of nitrogens with one attached hydrogen (secondary N) is 1. The minimum atomic E-state index is -0.253. The maximum absolute atomic E-state index is 12.9. The van der Waals surface area contributed by atoms with Crippen molar-refractivity contribution in [3.8, 4) is 0 Å². The summed E-state index contributed by atoms with van der Waals surface area (Å²) in [4.78, 5) is 38.8. The summed E-state index contributed by atoms with van der Waals surface area (Å²) in [5.74, 6) is 0.973. The molecule has 0 bridgehead atoms. The highest BCUT2D eigenvalue weighted by atomic mass is 35.5. The fraction of sp³-hybridized carbons (Fsp3) is 0.478. The number of carbonyl (C=O) groups is 2. The Morgan fingerprint density at radius 1 is 1.10 bits per heavy atom. The molecule has 0 radical (unpaired) electrons. The van der Waals surface area contributed by atoms with Gasteiger partial charge >= 0.3 is 0 Å². The van der Waals surface area contributed by atoms with Crippen LogP contribution in [0.2, 0.25) is 5.02 Å². The molecule has 3 heterocycles. The van der Waals surface area contributed by atoms with Crippen molar-refractivity contribution < 1.29 is 9.59 Å². The van der Waals surface area contributed by atoms with Crippen molar-refractivity contribution in [3.63, 3.8) is 0 Å². The molecule has 2 saturated heterocycles. The molecule has 164 valence electrons. The molecule has 7 nitrogen and oxygen atoms in total. The highest BCUT2D eigenvalue weighted by molar-refractivity contribution is 6.30. The molecule has 1 unspecified atom stereocenters. The highest BCUT2D eigenvalue weighted by Crippen LogP contribution is 2.28. The van der Waals surface area contributed by atoms with Crippen LogP contribution in [0.5, 0.6) is 0 Å². The Kier molecular flexibility index (Phi) is 6.53. The molecule has 31 heavy (non-hydrogen) atoms. The first-order valence-corrected chi connectivity index (χ1v) is 11.2. The zero-order valence-electron chi connectivity index (χ0n) is 18.0. The van der Waals surface area contributed by atoms with Crippen LogP contribution in [0, 0.1) is 12.8 Å². The van der Waals surface area contributed by atoms with Gasteiger partial charge in [0.1, 0.15) is 5.82 Å². The molecule has 2 aliphatic rings. The molecular formula is C23H28ClN5O2. The lowest BCUT2D eigenvalue weighted by atomic mass is 9.96. The fourth-order valence-electron chi connectivity index (χ4n) is 4.32. The van der Waals surface area contributed by atoms with E-state index < -0.39 is 0 Å².